The number of methoxy groups -OCH3 is 6. The predicted molar refractivity (Wildman–Crippen MR) is 124 cm³/mol. The summed E-state index contributed by atoms with van der Waals surface area (Å²) in [5.41, 5.74) is 1.77. The highest BCUT2D eigenvalue weighted by Crippen LogP contribution is 2.38. The summed E-state index contributed by atoms with van der Waals surface area (Å²) >= 11 is 0. The topological polar surface area (TPSA) is 91.8 Å². The smallest absolute Gasteiger partial charge is 0.203 e. The first kappa shape index (κ1) is 24.8. The fraction of sp³-hybridized carbons (Fsp3) is 0.435. The van der Waals surface area contributed by atoms with E-state index in [0.717, 1.165) is 11.1 Å². The summed E-state index contributed by atoms with van der Waals surface area (Å²) in [5, 5.41) is 6.57. The number of aliphatic imine (C=N–C) groups is 1. The number of ether oxygens (including phenoxy) is 6. The van der Waals surface area contributed by atoms with Crippen molar-refractivity contribution in [2.45, 2.75) is 20.0 Å². The van der Waals surface area contributed by atoms with E-state index >= 15 is 0 Å². The van der Waals surface area contributed by atoms with Gasteiger partial charge in [0.25, 0.3) is 0 Å². The summed E-state index contributed by atoms with van der Waals surface area (Å²) in [7, 11) is 9.58. The van der Waals surface area contributed by atoms with Gasteiger partial charge < -0.3 is 39.1 Å². The summed E-state index contributed by atoms with van der Waals surface area (Å²) in [6.07, 6.45) is 0. The lowest BCUT2D eigenvalue weighted by molar-refractivity contribution is 0.324. The second-order valence-corrected chi connectivity index (χ2v) is 6.59. The summed E-state index contributed by atoms with van der Waals surface area (Å²) in [5.74, 6) is 4.34. The van der Waals surface area contributed by atoms with Crippen molar-refractivity contribution in [3.8, 4) is 34.5 Å². The average molecular weight is 448 g/mol. The molecular formula is C23H33N3O6. The third-order valence-electron chi connectivity index (χ3n) is 4.74. The van der Waals surface area contributed by atoms with Gasteiger partial charge in [-0.2, -0.15) is 0 Å². The molecule has 0 saturated carbocycles. The van der Waals surface area contributed by atoms with Crippen molar-refractivity contribution in [1.29, 1.82) is 0 Å². The fourth-order valence-corrected chi connectivity index (χ4v) is 3.16. The van der Waals surface area contributed by atoms with Crippen molar-refractivity contribution in [3.05, 3.63) is 35.4 Å². The van der Waals surface area contributed by atoms with Gasteiger partial charge >= 0.3 is 0 Å². The SMILES string of the molecule is CCNC(=NCc1cc(OC)c(OC)c(OC)c1)NCc1c(OC)cc(OC)cc1OC. The number of guanidine groups is 1. The van der Waals surface area contributed by atoms with E-state index in [1.165, 1.54) is 0 Å². The zero-order valence-electron chi connectivity index (χ0n) is 19.8. The van der Waals surface area contributed by atoms with E-state index in [9.17, 15) is 0 Å². The normalized spacial score (nSPS) is 10.9. The van der Waals surface area contributed by atoms with Crippen LogP contribution in [-0.2, 0) is 13.1 Å². The maximum atomic E-state index is 5.52. The second-order valence-electron chi connectivity index (χ2n) is 6.59. The zero-order chi connectivity index (χ0) is 23.5. The molecule has 0 saturated heterocycles. The second kappa shape index (κ2) is 12.4. The van der Waals surface area contributed by atoms with Crippen LogP contribution in [0.2, 0.25) is 0 Å². The molecule has 0 aromatic heterocycles. The van der Waals surface area contributed by atoms with Gasteiger partial charge in [-0.15, -0.1) is 0 Å². The molecule has 0 aliphatic rings. The molecule has 2 aromatic rings. The molecule has 9 heteroatoms. The zero-order valence-corrected chi connectivity index (χ0v) is 19.8. The van der Waals surface area contributed by atoms with E-state index in [-0.39, 0.29) is 0 Å². The average Bonchev–Trinajstić information content (AvgIpc) is 2.84. The Hall–Kier alpha value is -3.49. The molecule has 176 valence electrons. The lowest BCUT2D eigenvalue weighted by Gasteiger charge is -2.17. The molecule has 0 aliphatic carbocycles. The quantitative estimate of drug-likeness (QED) is 0.401. The van der Waals surface area contributed by atoms with Gasteiger partial charge in [-0.1, -0.05) is 0 Å². The Balaban J connectivity index is 2.25. The van der Waals surface area contributed by atoms with Crippen molar-refractivity contribution in [2.75, 3.05) is 49.2 Å². The molecule has 0 amide bonds. The van der Waals surface area contributed by atoms with Gasteiger partial charge in [0.2, 0.25) is 5.75 Å². The van der Waals surface area contributed by atoms with E-state index in [2.05, 4.69) is 15.6 Å². The minimum absolute atomic E-state index is 0.406. The number of rotatable bonds is 11. The van der Waals surface area contributed by atoms with E-state index in [1.54, 1.807) is 42.7 Å². The van der Waals surface area contributed by atoms with Crippen molar-refractivity contribution in [1.82, 2.24) is 10.6 Å². The highest BCUT2D eigenvalue weighted by atomic mass is 16.5. The molecule has 0 unspecified atom stereocenters. The van der Waals surface area contributed by atoms with Gasteiger partial charge in [0, 0.05) is 18.7 Å². The Labute approximate surface area is 189 Å². The maximum Gasteiger partial charge on any atom is 0.203 e. The van der Waals surface area contributed by atoms with Gasteiger partial charge in [-0.05, 0) is 24.6 Å². The third kappa shape index (κ3) is 6.03. The summed E-state index contributed by atoms with van der Waals surface area (Å²) in [6.45, 7) is 3.56. The van der Waals surface area contributed by atoms with Crippen LogP contribution < -0.4 is 39.1 Å². The molecule has 32 heavy (non-hydrogen) atoms. The minimum atomic E-state index is 0.406. The summed E-state index contributed by atoms with van der Waals surface area (Å²) in [6, 6.07) is 7.40. The Kier molecular flexibility index (Phi) is 9.59. The van der Waals surface area contributed by atoms with Gasteiger partial charge in [-0.3, -0.25) is 0 Å². The Bertz CT molecular complexity index is 867. The lowest BCUT2D eigenvalue weighted by Crippen LogP contribution is -2.37. The van der Waals surface area contributed by atoms with Crippen LogP contribution in [-0.4, -0.2) is 55.2 Å². The molecule has 2 rings (SSSR count). The van der Waals surface area contributed by atoms with Crippen LogP contribution in [0.4, 0.5) is 0 Å². The molecule has 0 aliphatic heterocycles. The molecule has 9 nitrogen and oxygen atoms in total. The van der Waals surface area contributed by atoms with E-state index in [4.69, 9.17) is 28.4 Å². The van der Waals surface area contributed by atoms with Crippen molar-refractivity contribution < 1.29 is 28.4 Å². The van der Waals surface area contributed by atoms with E-state index in [0.29, 0.717) is 60.1 Å². The van der Waals surface area contributed by atoms with Crippen LogP contribution in [0.15, 0.2) is 29.3 Å². The maximum absolute atomic E-state index is 5.52. The molecule has 0 radical (unpaired) electrons. The minimum Gasteiger partial charge on any atom is -0.496 e. The summed E-state index contributed by atoms with van der Waals surface area (Å²) in [4.78, 5) is 4.69. The molecule has 0 spiro atoms. The van der Waals surface area contributed by atoms with Gasteiger partial charge in [0.1, 0.15) is 17.2 Å². The highest BCUT2D eigenvalue weighted by molar-refractivity contribution is 5.80. The van der Waals surface area contributed by atoms with E-state index in [1.807, 2.05) is 31.2 Å². The van der Waals surface area contributed by atoms with Crippen molar-refractivity contribution >= 4 is 5.96 Å². The molecule has 2 N–H and O–H groups in total. The summed E-state index contributed by atoms with van der Waals surface area (Å²) < 4.78 is 32.6. The Morgan fingerprint density at radius 1 is 0.719 bits per heavy atom. The molecule has 0 bridgehead atoms. The van der Waals surface area contributed by atoms with Gasteiger partial charge in [0.05, 0.1) is 61.3 Å². The highest BCUT2D eigenvalue weighted by Gasteiger charge is 2.15. The number of nitrogens with one attached hydrogen (secondary N) is 2. The predicted octanol–water partition coefficient (Wildman–Crippen LogP) is 2.99. The first-order valence-corrected chi connectivity index (χ1v) is 10.1. The first-order chi connectivity index (χ1) is 15.5. The van der Waals surface area contributed by atoms with Crippen LogP contribution >= 0.6 is 0 Å². The number of nitrogens with zero attached hydrogens (tertiary/aromatic N) is 1. The lowest BCUT2D eigenvalue weighted by atomic mass is 10.1. The molecule has 0 atom stereocenters. The Morgan fingerprint density at radius 3 is 1.72 bits per heavy atom. The standard InChI is InChI=1S/C23H33N3O6/c1-8-24-23(25-13-15-9-20(30-5)22(32-7)21(10-15)31-6)26-14-17-18(28-3)11-16(27-2)12-19(17)29-4/h9-12H,8,13-14H2,1-7H3,(H2,24,25,26). The fourth-order valence-electron chi connectivity index (χ4n) is 3.16. The monoisotopic (exact) mass is 447 g/mol. The van der Waals surface area contributed by atoms with Crippen molar-refractivity contribution in [2.24, 2.45) is 4.99 Å². The third-order valence-corrected chi connectivity index (χ3v) is 4.74. The van der Waals surface area contributed by atoms with Crippen LogP contribution in [0.3, 0.4) is 0 Å². The largest absolute Gasteiger partial charge is 0.496 e. The molecule has 0 heterocycles. The van der Waals surface area contributed by atoms with Crippen molar-refractivity contribution in [3.63, 3.8) is 0 Å². The van der Waals surface area contributed by atoms with Gasteiger partial charge in [0.15, 0.2) is 17.5 Å². The number of hydrogen-bond donors (Lipinski definition) is 2. The van der Waals surface area contributed by atoms with Crippen LogP contribution in [0, 0.1) is 0 Å². The Morgan fingerprint density at radius 2 is 1.28 bits per heavy atom. The van der Waals surface area contributed by atoms with E-state index < -0.39 is 0 Å². The molecule has 2 aromatic carbocycles. The first-order valence-electron chi connectivity index (χ1n) is 10.1. The molecule has 0 fully saturated rings. The van der Waals surface area contributed by atoms with Gasteiger partial charge in [-0.25, -0.2) is 4.99 Å². The van der Waals surface area contributed by atoms with Crippen LogP contribution in [0.25, 0.3) is 0 Å². The number of benzene rings is 2. The van der Waals surface area contributed by atoms with Crippen LogP contribution in [0.5, 0.6) is 34.5 Å². The van der Waals surface area contributed by atoms with Crippen LogP contribution in [0.1, 0.15) is 18.1 Å². The molecular weight excluding hydrogens is 414 g/mol. The number of hydrogen-bond acceptors (Lipinski definition) is 7.